The van der Waals surface area contributed by atoms with E-state index in [1.165, 1.54) is 0 Å². The molecule has 5 rings (SSSR count). The standard InChI is InChI=1S/C19H10N3.C11H8N.Ir/c1-21-18-10-9-14(13-20)12-17(18)19-16(8-5-11-22-19)15-6-3-2-4-7-15;1-2-6-10(7-3-1)11-8-4-5-9-12-11;/h2-11H;1-6,8-9H;/q2*-1;. The van der Waals surface area contributed by atoms with E-state index in [2.05, 4.69) is 33.0 Å². The van der Waals surface area contributed by atoms with Crippen LogP contribution in [0.4, 0.5) is 5.69 Å². The van der Waals surface area contributed by atoms with Gasteiger partial charge in [0, 0.05) is 38.2 Å². The minimum absolute atomic E-state index is 0. The fourth-order valence-electron chi connectivity index (χ4n) is 3.35. The van der Waals surface area contributed by atoms with Gasteiger partial charge in [-0.25, -0.2) is 5.26 Å². The predicted octanol–water partition coefficient (Wildman–Crippen LogP) is 7.18. The molecule has 2 aromatic heterocycles. The van der Waals surface area contributed by atoms with Gasteiger partial charge in [0.25, 0.3) is 5.69 Å². The third-order valence-electron chi connectivity index (χ3n) is 4.94. The topological polar surface area (TPSA) is 53.9 Å². The third kappa shape index (κ3) is 6.34. The molecule has 0 saturated heterocycles. The van der Waals surface area contributed by atoms with E-state index >= 15 is 0 Å². The first-order valence-corrected chi connectivity index (χ1v) is 10.5. The summed E-state index contributed by atoms with van der Waals surface area (Å²) in [6, 6.07) is 38.8. The maximum Gasteiger partial charge on any atom is 0.253 e. The van der Waals surface area contributed by atoms with Crippen molar-refractivity contribution in [2.75, 3.05) is 0 Å². The van der Waals surface area contributed by atoms with Crippen molar-refractivity contribution in [2.24, 2.45) is 0 Å². The molecule has 0 aliphatic heterocycles. The summed E-state index contributed by atoms with van der Waals surface area (Å²) in [6.45, 7) is 7.33. The summed E-state index contributed by atoms with van der Waals surface area (Å²) in [7, 11) is 0. The summed E-state index contributed by atoms with van der Waals surface area (Å²) < 4.78 is 0. The van der Waals surface area contributed by atoms with Crippen molar-refractivity contribution >= 4 is 5.69 Å². The molecule has 0 aliphatic rings. The minimum atomic E-state index is 0. The molecule has 35 heavy (non-hydrogen) atoms. The Morgan fingerprint density at radius 1 is 0.800 bits per heavy atom. The van der Waals surface area contributed by atoms with E-state index in [0.29, 0.717) is 22.5 Å². The molecule has 4 nitrogen and oxygen atoms in total. The molecule has 0 N–H and O–H groups in total. The van der Waals surface area contributed by atoms with E-state index in [-0.39, 0.29) is 20.1 Å². The van der Waals surface area contributed by atoms with Gasteiger partial charge in [-0.05, 0) is 46.7 Å². The van der Waals surface area contributed by atoms with Crippen LogP contribution in [-0.2, 0) is 20.1 Å². The van der Waals surface area contributed by atoms with Crippen molar-refractivity contribution in [3.05, 3.63) is 139 Å². The molecule has 0 atom stereocenters. The van der Waals surface area contributed by atoms with Crippen LogP contribution >= 0.6 is 0 Å². The summed E-state index contributed by atoms with van der Waals surface area (Å²) in [5.41, 5.74) is 6.00. The van der Waals surface area contributed by atoms with Crippen LogP contribution < -0.4 is 0 Å². The number of aromatic nitrogens is 2. The van der Waals surface area contributed by atoms with Crippen LogP contribution in [0.2, 0.25) is 0 Å². The molecule has 2 heterocycles. The smallest absolute Gasteiger partial charge is 0.253 e. The second-order valence-corrected chi connectivity index (χ2v) is 7.11. The van der Waals surface area contributed by atoms with Crippen LogP contribution in [0.5, 0.6) is 0 Å². The van der Waals surface area contributed by atoms with Crippen LogP contribution in [0.1, 0.15) is 5.56 Å². The average molecular weight is 627 g/mol. The summed E-state index contributed by atoms with van der Waals surface area (Å²) >= 11 is 0. The van der Waals surface area contributed by atoms with Gasteiger partial charge in [0.1, 0.15) is 6.57 Å². The number of nitrogens with zero attached hydrogens (tertiary/aromatic N) is 4. The Hall–Kier alpha value is -4.41. The molecule has 169 valence electrons. The van der Waals surface area contributed by atoms with Gasteiger partial charge >= 0.3 is 0 Å². The van der Waals surface area contributed by atoms with Gasteiger partial charge in [-0.15, -0.1) is 42.0 Å². The van der Waals surface area contributed by atoms with Gasteiger partial charge < -0.3 is 4.98 Å². The van der Waals surface area contributed by atoms with Crippen molar-refractivity contribution in [2.45, 2.75) is 0 Å². The van der Waals surface area contributed by atoms with Crippen molar-refractivity contribution in [3.8, 4) is 39.7 Å². The van der Waals surface area contributed by atoms with Crippen molar-refractivity contribution < 1.29 is 20.1 Å². The Balaban J connectivity index is 0.000000223. The van der Waals surface area contributed by atoms with E-state index in [9.17, 15) is 0 Å². The van der Waals surface area contributed by atoms with Gasteiger partial charge in [-0.3, -0.25) is 4.98 Å². The zero-order chi connectivity index (χ0) is 23.6. The largest absolute Gasteiger partial charge is 0.305 e. The molecule has 0 fully saturated rings. The quantitative estimate of drug-likeness (QED) is 0.199. The van der Waals surface area contributed by atoms with Gasteiger partial charge in [-0.2, -0.15) is 4.85 Å². The third-order valence-corrected chi connectivity index (χ3v) is 4.94. The molecule has 0 spiro atoms. The monoisotopic (exact) mass is 627 g/mol. The number of nitriles is 1. The van der Waals surface area contributed by atoms with Crippen LogP contribution in [0.25, 0.3) is 38.5 Å². The first kappa shape index (κ1) is 25.2. The second kappa shape index (κ2) is 12.7. The minimum Gasteiger partial charge on any atom is -0.305 e. The molecule has 0 saturated carbocycles. The van der Waals surface area contributed by atoms with Gasteiger partial charge in [0.2, 0.25) is 0 Å². The Labute approximate surface area is 218 Å². The Morgan fingerprint density at radius 3 is 2.26 bits per heavy atom. The summed E-state index contributed by atoms with van der Waals surface area (Å²) in [5.74, 6) is 0. The van der Waals surface area contributed by atoms with Crippen LogP contribution in [-0.4, -0.2) is 9.97 Å². The number of benzene rings is 3. The van der Waals surface area contributed by atoms with Gasteiger partial charge in [0.15, 0.2) is 0 Å². The van der Waals surface area contributed by atoms with Gasteiger partial charge in [-0.1, -0.05) is 60.2 Å². The first-order chi connectivity index (χ1) is 16.8. The number of rotatable bonds is 3. The van der Waals surface area contributed by atoms with Gasteiger partial charge in [0.05, 0.1) is 0 Å². The molecule has 0 aliphatic carbocycles. The summed E-state index contributed by atoms with van der Waals surface area (Å²) in [5, 5.41) is 9.08. The molecular formula is C30H18IrN4-2. The van der Waals surface area contributed by atoms with E-state index in [1.807, 2.05) is 84.9 Å². The zero-order valence-electron chi connectivity index (χ0n) is 18.5. The molecule has 0 bridgehead atoms. The molecule has 5 aromatic rings. The maximum absolute atomic E-state index is 9.08. The van der Waals surface area contributed by atoms with E-state index in [4.69, 9.17) is 11.8 Å². The van der Waals surface area contributed by atoms with E-state index < -0.39 is 0 Å². The molecule has 0 unspecified atom stereocenters. The predicted molar refractivity (Wildman–Crippen MR) is 133 cm³/mol. The van der Waals surface area contributed by atoms with Crippen molar-refractivity contribution in [3.63, 3.8) is 0 Å². The normalized spacial score (nSPS) is 9.43. The number of hydrogen-bond donors (Lipinski definition) is 0. The molecular weight excluding hydrogens is 609 g/mol. The van der Waals surface area contributed by atoms with Crippen molar-refractivity contribution in [1.82, 2.24) is 9.97 Å². The van der Waals surface area contributed by atoms with Crippen LogP contribution in [0.3, 0.4) is 0 Å². The molecule has 3 aromatic carbocycles. The second-order valence-electron chi connectivity index (χ2n) is 7.11. The molecule has 5 heteroatoms. The van der Waals surface area contributed by atoms with E-state index in [1.54, 1.807) is 24.5 Å². The molecule has 0 amide bonds. The Morgan fingerprint density at radius 2 is 1.57 bits per heavy atom. The first-order valence-electron chi connectivity index (χ1n) is 10.5. The summed E-state index contributed by atoms with van der Waals surface area (Å²) in [4.78, 5) is 12.2. The maximum atomic E-state index is 9.08. The fourth-order valence-corrected chi connectivity index (χ4v) is 3.35. The Bertz CT molecular complexity index is 1420. The number of hydrogen-bond acceptors (Lipinski definition) is 3. The molecule has 1 radical (unpaired) electrons. The SMILES string of the molecule is [C-]#[N+]c1ccc(C#N)[c-]c1-c1ncccc1-c1ccccc1.[Ir].[c-]1ccccc1-c1ccccn1. The number of pyridine rings is 2. The average Bonchev–Trinajstić information content (AvgIpc) is 2.94. The van der Waals surface area contributed by atoms with Crippen LogP contribution in [0.15, 0.2) is 109 Å². The van der Waals surface area contributed by atoms with Crippen molar-refractivity contribution in [1.29, 1.82) is 5.26 Å². The summed E-state index contributed by atoms with van der Waals surface area (Å²) in [6.07, 6.45) is 3.47. The zero-order valence-corrected chi connectivity index (χ0v) is 20.9. The van der Waals surface area contributed by atoms with Crippen LogP contribution in [0, 0.1) is 30.0 Å². The fraction of sp³-hybridized carbons (Fsp3) is 0. The van der Waals surface area contributed by atoms with E-state index in [0.717, 1.165) is 22.4 Å². The Kier molecular flexibility index (Phi) is 9.17.